The van der Waals surface area contributed by atoms with E-state index in [2.05, 4.69) is 16.0 Å². The molecule has 0 radical (unpaired) electrons. The second-order valence-electron chi connectivity index (χ2n) is 4.71. The minimum Gasteiger partial charge on any atom is -0.479 e. The van der Waals surface area contributed by atoms with Gasteiger partial charge in [-0.3, -0.25) is 4.79 Å². The first kappa shape index (κ1) is 13.6. The number of thiocarbonyl (C=S) groups is 1. The van der Waals surface area contributed by atoms with Crippen molar-refractivity contribution in [1.82, 2.24) is 5.32 Å². The van der Waals surface area contributed by atoms with E-state index in [1.165, 1.54) is 0 Å². The van der Waals surface area contributed by atoms with Crippen molar-refractivity contribution in [3.63, 3.8) is 0 Å². The summed E-state index contributed by atoms with van der Waals surface area (Å²) in [6, 6.07) is 5.73. The summed E-state index contributed by atoms with van der Waals surface area (Å²) in [5.41, 5.74) is 1.45. The van der Waals surface area contributed by atoms with Crippen molar-refractivity contribution in [2.75, 3.05) is 10.6 Å². The zero-order chi connectivity index (χ0) is 14.0. The van der Waals surface area contributed by atoms with Gasteiger partial charge < -0.3 is 20.7 Å². The van der Waals surface area contributed by atoms with Gasteiger partial charge in [0.25, 0.3) is 5.91 Å². The third-order valence-corrected chi connectivity index (χ3v) is 2.81. The number of carbonyl (C=O) groups excluding carboxylic acids is 1. The summed E-state index contributed by atoms with van der Waals surface area (Å²) in [6.07, 6.45) is -0.463. The van der Waals surface area contributed by atoms with Crippen LogP contribution in [-0.2, 0) is 4.79 Å². The third kappa shape index (κ3) is 3.35. The van der Waals surface area contributed by atoms with Crippen molar-refractivity contribution >= 4 is 34.6 Å². The van der Waals surface area contributed by atoms with Crippen LogP contribution in [0.1, 0.15) is 20.8 Å². The van der Waals surface area contributed by atoms with Crippen molar-refractivity contribution in [1.29, 1.82) is 0 Å². The number of amides is 1. The van der Waals surface area contributed by atoms with Gasteiger partial charge in [-0.1, -0.05) is 0 Å². The number of rotatable bonds is 2. The number of benzene rings is 1. The molecule has 1 aromatic carbocycles. The minimum absolute atomic E-state index is 0.146. The van der Waals surface area contributed by atoms with Crippen LogP contribution in [0.4, 0.5) is 11.4 Å². The number of ether oxygens (including phenoxy) is 1. The highest BCUT2D eigenvalue weighted by Crippen LogP contribution is 2.32. The first-order valence-electron chi connectivity index (χ1n) is 6.15. The number of hydrogen-bond acceptors (Lipinski definition) is 3. The molecule has 5 nitrogen and oxygen atoms in total. The standard InChI is InChI=1S/C13H17N3O2S/c1-7(2)14-13(19)15-9-4-5-11-10(6-9)16-12(17)8(3)18-11/h4-8H,1-3H3,(H,16,17)(H2,14,15,19)/t8-/m0/s1. The molecule has 1 amide bonds. The van der Waals surface area contributed by atoms with E-state index in [0.29, 0.717) is 16.5 Å². The molecule has 0 aromatic heterocycles. The Morgan fingerprint density at radius 1 is 1.47 bits per heavy atom. The lowest BCUT2D eigenvalue weighted by Gasteiger charge is -2.24. The Kier molecular flexibility index (Phi) is 3.90. The van der Waals surface area contributed by atoms with Gasteiger partial charge in [-0.25, -0.2) is 0 Å². The van der Waals surface area contributed by atoms with Crippen LogP contribution in [0.25, 0.3) is 0 Å². The van der Waals surface area contributed by atoms with E-state index in [9.17, 15) is 4.79 Å². The second-order valence-corrected chi connectivity index (χ2v) is 5.12. The minimum atomic E-state index is -0.463. The Morgan fingerprint density at radius 3 is 2.89 bits per heavy atom. The zero-order valence-corrected chi connectivity index (χ0v) is 11.9. The van der Waals surface area contributed by atoms with E-state index < -0.39 is 6.10 Å². The fourth-order valence-corrected chi connectivity index (χ4v) is 2.07. The lowest BCUT2D eigenvalue weighted by molar-refractivity contribution is -0.122. The summed E-state index contributed by atoms with van der Waals surface area (Å²) in [7, 11) is 0. The summed E-state index contributed by atoms with van der Waals surface area (Å²) in [4.78, 5) is 11.5. The molecular weight excluding hydrogens is 262 g/mol. The Balaban J connectivity index is 2.11. The Hall–Kier alpha value is -1.82. The van der Waals surface area contributed by atoms with Crippen molar-refractivity contribution in [3.05, 3.63) is 18.2 Å². The summed E-state index contributed by atoms with van der Waals surface area (Å²) < 4.78 is 5.48. The molecule has 6 heteroatoms. The van der Waals surface area contributed by atoms with Crippen LogP contribution in [0, 0.1) is 0 Å². The summed E-state index contributed by atoms with van der Waals surface area (Å²) in [5, 5.41) is 9.50. The summed E-state index contributed by atoms with van der Waals surface area (Å²) >= 11 is 5.17. The highest BCUT2D eigenvalue weighted by atomic mass is 32.1. The van der Waals surface area contributed by atoms with Crippen molar-refractivity contribution in [2.45, 2.75) is 32.9 Å². The van der Waals surface area contributed by atoms with E-state index in [1.807, 2.05) is 26.0 Å². The van der Waals surface area contributed by atoms with E-state index in [-0.39, 0.29) is 11.9 Å². The molecule has 2 rings (SSSR count). The van der Waals surface area contributed by atoms with Gasteiger partial charge in [-0.15, -0.1) is 0 Å². The molecule has 1 aliphatic heterocycles. The number of nitrogens with one attached hydrogen (secondary N) is 3. The Labute approximate surface area is 117 Å². The quantitative estimate of drug-likeness (QED) is 0.724. The highest BCUT2D eigenvalue weighted by Gasteiger charge is 2.23. The summed E-state index contributed by atoms with van der Waals surface area (Å²) in [5.74, 6) is 0.521. The SMILES string of the molecule is CC(C)NC(=S)Nc1ccc2c(c1)NC(=O)[C@H](C)O2. The zero-order valence-electron chi connectivity index (χ0n) is 11.1. The maximum atomic E-state index is 11.5. The molecular formula is C13H17N3O2S. The Bertz CT molecular complexity index is 517. The molecule has 0 unspecified atom stereocenters. The van der Waals surface area contributed by atoms with Gasteiger partial charge in [0.1, 0.15) is 5.75 Å². The lowest BCUT2D eigenvalue weighted by atomic mass is 10.2. The van der Waals surface area contributed by atoms with Gasteiger partial charge in [-0.05, 0) is 51.2 Å². The van der Waals surface area contributed by atoms with Gasteiger partial charge in [0, 0.05) is 11.7 Å². The predicted octanol–water partition coefficient (Wildman–Crippen LogP) is 2.10. The van der Waals surface area contributed by atoms with Crippen LogP contribution in [0.3, 0.4) is 0 Å². The first-order valence-corrected chi connectivity index (χ1v) is 6.55. The van der Waals surface area contributed by atoms with Crippen molar-refractivity contribution in [3.8, 4) is 5.75 Å². The number of carbonyl (C=O) groups is 1. The molecule has 19 heavy (non-hydrogen) atoms. The van der Waals surface area contributed by atoms with Gasteiger partial charge >= 0.3 is 0 Å². The molecule has 1 aliphatic rings. The normalized spacial score (nSPS) is 17.3. The van der Waals surface area contributed by atoms with Crippen LogP contribution < -0.4 is 20.7 Å². The van der Waals surface area contributed by atoms with E-state index >= 15 is 0 Å². The molecule has 1 aromatic rings. The maximum absolute atomic E-state index is 11.5. The van der Waals surface area contributed by atoms with Crippen LogP contribution in [0.5, 0.6) is 5.75 Å². The molecule has 0 saturated heterocycles. The first-order chi connectivity index (χ1) is 8.95. The van der Waals surface area contributed by atoms with Crippen molar-refractivity contribution < 1.29 is 9.53 Å². The van der Waals surface area contributed by atoms with Gasteiger partial charge in [0.2, 0.25) is 0 Å². The molecule has 102 valence electrons. The number of anilines is 2. The fraction of sp³-hybridized carbons (Fsp3) is 0.385. The lowest BCUT2D eigenvalue weighted by Crippen LogP contribution is -2.35. The van der Waals surface area contributed by atoms with Gasteiger partial charge in [0.05, 0.1) is 5.69 Å². The van der Waals surface area contributed by atoms with E-state index in [4.69, 9.17) is 17.0 Å². The molecule has 0 bridgehead atoms. The maximum Gasteiger partial charge on any atom is 0.265 e. The molecule has 0 saturated carbocycles. The highest BCUT2D eigenvalue weighted by molar-refractivity contribution is 7.80. The van der Waals surface area contributed by atoms with Crippen LogP contribution in [0.15, 0.2) is 18.2 Å². The molecule has 1 heterocycles. The predicted molar refractivity (Wildman–Crippen MR) is 79.7 cm³/mol. The van der Waals surface area contributed by atoms with Gasteiger partial charge in [-0.2, -0.15) is 0 Å². The van der Waals surface area contributed by atoms with Crippen LogP contribution >= 0.6 is 12.2 Å². The van der Waals surface area contributed by atoms with Crippen molar-refractivity contribution in [2.24, 2.45) is 0 Å². The number of fused-ring (bicyclic) bond motifs is 1. The second kappa shape index (κ2) is 5.44. The Morgan fingerprint density at radius 2 is 2.21 bits per heavy atom. The molecule has 0 aliphatic carbocycles. The topological polar surface area (TPSA) is 62.4 Å². The monoisotopic (exact) mass is 279 g/mol. The fourth-order valence-electron chi connectivity index (χ4n) is 1.72. The molecule has 3 N–H and O–H groups in total. The third-order valence-electron chi connectivity index (χ3n) is 2.59. The average Bonchev–Trinajstić information content (AvgIpc) is 2.30. The summed E-state index contributed by atoms with van der Waals surface area (Å²) in [6.45, 7) is 5.73. The molecule has 0 fully saturated rings. The number of hydrogen-bond donors (Lipinski definition) is 3. The average molecular weight is 279 g/mol. The largest absolute Gasteiger partial charge is 0.479 e. The smallest absolute Gasteiger partial charge is 0.265 e. The van der Waals surface area contributed by atoms with Gasteiger partial charge in [0.15, 0.2) is 11.2 Å². The molecule has 1 atom stereocenters. The van der Waals surface area contributed by atoms with Crippen LogP contribution in [-0.4, -0.2) is 23.2 Å². The molecule has 0 spiro atoms. The van der Waals surface area contributed by atoms with E-state index in [0.717, 1.165) is 5.69 Å². The van der Waals surface area contributed by atoms with E-state index in [1.54, 1.807) is 13.0 Å². The van der Waals surface area contributed by atoms with Crippen LogP contribution in [0.2, 0.25) is 0 Å².